The third-order valence-corrected chi connectivity index (χ3v) is 6.47. The van der Waals surface area contributed by atoms with Gasteiger partial charge in [-0.1, -0.05) is 6.07 Å². The molecule has 0 aromatic heterocycles. The Morgan fingerprint density at radius 1 is 1.04 bits per heavy atom. The summed E-state index contributed by atoms with van der Waals surface area (Å²) in [5.41, 5.74) is 1.50. The van der Waals surface area contributed by atoms with Gasteiger partial charge in [-0.3, -0.25) is 4.31 Å². The summed E-state index contributed by atoms with van der Waals surface area (Å²) in [5.74, 6) is -0.646. The van der Waals surface area contributed by atoms with E-state index in [1.54, 1.807) is 18.2 Å². The number of aryl methyl sites for hydroxylation is 1. The molecule has 8 heteroatoms. The molecule has 0 saturated carbocycles. The number of carbonyl (C=O) groups is 1. The van der Waals surface area contributed by atoms with Crippen molar-refractivity contribution >= 4 is 27.4 Å². The lowest BCUT2D eigenvalue weighted by Gasteiger charge is -2.31. The molecule has 2 aromatic rings. The van der Waals surface area contributed by atoms with Crippen molar-refractivity contribution in [2.45, 2.75) is 25.7 Å². The molecule has 0 aliphatic heterocycles. The molecule has 152 valence electrons. The number of hydrogen-bond donors (Lipinski definition) is 1. The highest BCUT2D eigenvalue weighted by Gasteiger charge is 2.30. The van der Waals surface area contributed by atoms with E-state index in [0.717, 1.165) is 9.87 Å². The molecular formula is C20H26N2O5S. The molecular weight excluding hydrogens is 380 g/mol. The summed E-state index contributed by atoms with van der Waals surface area (Å²) in [5, 5.41) is 9.71. The number of aromatic carboxylic acids is 1. The van der Waals surface area contributed by atoms with E-state index in [4.69, 9.17) is 4.74 Å². The van der Waals surface area contributed by atoms with Crippen LogP contribution < -0.4 is 13.9 Å². The van der Waals surface area contributed by atoms with Gasteiger partial charge in [0, 0.05) is 20.1 Å². The Morgan fingerprint density at radius 3 is 2.07 bits per heavy atom. The molecule has 28 heavy (non-hydrogen) atoms. The van der Waals surface area contributed by atoms with Crippen LogP contribution >= 0.6 is 0 Å². The van der Waals surface area contributed by atoms with E-state index >= 15 is 0 Å². The highest BCUT2D eigenvalue weighted by Crippen LogP contribution is 2.38. The Bertz CT molecular complexity index is 951. The average Bonchev–Trinajstić information content (AvgIpc) is 2.69. The smallest absolute Gasteiger partial charge is 0.337 e. The largest absolute Gasteiger partial charge is 0.497 e. The second-order valence-corrected chi connectivity index (χ2v) is 8.22. The third kappa shape index (κ3) is 3.91. The van der Waals surface area contributed by atoms with Crippen LogP contribution in [0, 0.1) is 6.92 Å². The number of ether oxygens (including phenoxy) is 1. The Morgan fingerprint density at radius 2 is 1.61 bits per heavy atom. The summed E-state index contributed by atoms with van der Waals surface area (Å²) in [4.78, 5) is 13.9. The average molecular weight is 407 g/mol. The molecule has 2 aromatic carbocycles. The fourth-order valence-corrected chi connectivity index (χ4v) is 4.36. The summed E-state index contributed by atoms with van der Waals surface area (Å²) in [7, 11) is -1.09. The number of carboxylic acids is 1. The highest BCUT2D eigenvalue weighted by molar-refractivity contribution is 7.92. The monoisotopic (exact) mass is 406 g/mol. The first-order chi connectivity index (χ1) is 13.2. The van der Waals surface area contributed by atoms with E-state index in [-0.39, 0.29) is 16.1 Å². The van der Waals surface area contributed by atoms with Crippen molar-refractivity contribution < 1.29 is 23.1 Å². The van der Waals surface area contributed by atoms with Crippen LogP contribution in [0.2, 0.25) is 0 Å². The molecule has 0 fully saturated rings. The first-order valence-electron chi connectivity index (χ1n) is 8.93. The zero-order valence-electron chi connectivity index (χ0n) is 16.8. The van der Waals surface area contributed by atoms with Crippen molar-refractivity contribution in [3.63, 3.8) is 0 Å². The lowest BCUT2D eigenvalue weighted by molar-refractivity contribution is 0.0698. The maximum absolute atomic E-state index is 13.2. The number of methoxy groups -OCH3 is 1. The zero-order valence-corrected chi connectivity index (χ0v) is 17.6. The molecule has 0 saturated heterocycles. The van der Waals surface area contributed by atoms with Crippen molar-refractivity contribution in [3.05, 3.63) is 47.5 Å². The molecule has 0 bridgehead atoms. The zero-order chi connectivity index (χ0) is 21.1. The van der Waals surface area contributed by atoms with Gasteiger partial charge in [-0.25, -0.2) is 13.2 Å². The number of sulfonamides is 1. The van der Waals surface area contributed by atoms with Crippen LogP contribution in [0.1, 0.15) is 29.8 Å². The van der Waals surface area contributed by atoms with Crippen molar-refractivity contribution in [2.75, 3.05) is 36.5 Å². The topological polar surface area (TPSA) is 87.2 Å². The van der Waals surface area contributed by atoms with Crippen molar-refractivity contribution in [1.82, 2.24) is 0 Å². The minimum atomic E-state index is -3.97. The predicted molar refractivity (Wildman–Crippen MR) is 110 cm³/mol. The number of carboxylic acid groups (broad SMARTS) is 1. The molecule has 0 amide bonds. The van der Waals surface area contributed by atoms with E-state index in [2.05, 4.69) is 0 Å². The molecule has 2 rings (SSSR count). The summed E-state index contributed by atoms with van der Waals surface area (Å²) in [6.45, 7) is 6.96. The third-order valence-electron chi connectivity index (χ3n) is 4.70. The first-order valence-corrected chi connectivity index (χ1v) is 10.4. The van der Waals surface area contributed by atoms with E-state index in [0.29, 0.717) is 24.5 Å². The van der Waals surface area contributed by atoms with Gasteiger partial charge in [0.2, 0.25) is 0 Å². The van der Waals surface area contributed by atoms with E-state index in [1.165, 1.54) is 32.4 Å². The van der Waals surface area contributed by atoms with Gasteiger partial charge in [-0.15, -0.1) is 0 Å². The van der Waals surface area contributed by atoms with Crippen molar-refractivity contribution in [2.24, 2.45) is 0 Å². The molecule has 1 N–H and O–H groups in total. The first kappa shape index (κ1) is 21.6. The summed E-state index contributed by atoms with van der Waals surface area (Å²) < 4.78 is 32.6. The maximum atomic E-state index is 13.2. The predicted octanol–water partition coefficient (Wildman–Crippen LogP) is 3.37. The number of nitrogens with zero attached hydrogens (tertiary/aromatic N) is 2. The molecule has 0 atom stereocenters. The Hall–Kier alpha value is -2.74. The highest BCUT2D eigenvalue weighted by atomic mass is 32.2. The molecule has 7 nitrogen and oxygen atoms in total. The van der Waals surface area contributed by atoms with Gasteiger partial charge in [-0.05, 0) is 56.7 Å². The van der Waals surface area contributed by atoms with Gasteiger partial charge in [-0.2, -0.15) is 0 Å². The lowest BCUT2D eigenvalue weighted by Crippen LogP contribution is -2.32. The van der Waals surface area contributed by atoms with Crippen LogP contribution in [-0.2, 0) is 10.0 Å². The standard InChI is InChI=1S/C20H26N2O5S/c1-6-22(7-2)18-14(3)8-13-17(20(23)24)19(18)21(4)28(25,26)16-11-9-15(27-5)10-12-16/h8-13H,6-7H2,1-5H3,(H,23,24). The quantitative estimate of drug-likeness (QED) is 0.723. The molecule has 0 aliphatic rings. The minimum Gasteiger partial charge on any atom is -0.497 e. The van der Waals surface area contributed by atoms with E-state index in [1.807, 2.05) is 25.7 Å². The van der Waals surface area contributed by atoms with Crippen molar-refractivity contribution in [1.29, 1.82) is 0 Å². The van der Waals surface area contributed by atoms with Gasteiger partial charge in [0.1, 0.15) is 5.75 Å². The van der Waals surface area contributed by atoms with Crippen molar-refractivity contribution in [3.8, 4) is 5.75 Å². The van der Waals surface area contributed by atoms with Gasteiger partial charge in [0.15, 0.2) is 0 Å². The molecule has 0 radical (unpaired) electrons. The van der Waals surface area contributed by atoms with Crippen LogP contribution in [0.25, 0.3) is 0 Å². The normalized spacial score (nSPS) is 11.2. The van der Waals surface area contributed by atoms with E-state index in [9.17, 15) is 18.3 Å². The Labute approximate surface area is 166 Å². The molecule has 0 spiro atoms. The SMILES string of the molecule is CCN(CC)c1c(C)ccc(C(=O)O)c1N(C)S(=O)(=O)c1ccc(OC)cc1. The second kappa shape index (κ2) is 8.52. The van der Waals surface area contributed by atoms with Gasteiger partial charge in [0.25, 0.3) is 10.0 Å². The number of benzene rings is 2. The van der Waals surface area contributed by atoms with Crippen LogP contribution in [-0.4, -0.2) is 46.7 Å². The molecule has 0 heterocycles. The maximum Gasteiger partial charge on any atom is 0.337 e. The van der Waals surface area contributed by atoms with E-state index < -0.39 is 16.0 Å². The number of anilines is 2. The van der Waals surface area contributed by atoms with Crippen LogP contribution in [0.4, 0.5) is 11.4 Å². The summed E-state index contributed by atoms with van der Waals surface area (Å²) in [6, 6.07) is 9.14. The lowest BCUT2D eigenvalue weighted by atomic mass is 10.1. The van der Waals surface area contributed by atoms with Gasteiger partial charge in [0.05, 0.1) is 28.9 Å². The second-order valence-electron chi connectivity index (χ2n) is 6.25. The van der Waals surface area contributed by atoms with Gasteiger partial charge < -0.3 is 14.7 Å². The fraction of sp³-hybridized carbons (Fsp3) is 0.350. The Balaban J connectivity index is 2.72. The molecule has 0 aliphatic carbocycles. The number of hydrogen-bond acceptors (Lipinski definition) is 5. The van der Waals surface area contributed by atoms with Crippen LogP contribution in [0.5, 0.6) is 5.75 Å². The van der Waals surface area contributed by atoms with Gasteiger partial charge >= 0.3 is 5.97 Å². The fourth-order valence-electron chi connectivity index (χ4n) is 3.14. The number of rotatable bonds is 8. The minimum absolute atomic E-state index is 0.0548. The summed E-state index contributed by atoms with van der Waals surface area (Å²) in [6.07, 6.45) is 0. The van der Waals surface area contributed by atoms with Crippen LogP contribution in [0.3, 0.4) is 0 Å². The summed E-state index contributed by atoms with van der Waals surface area (Å²) >= 11 is 0. The van der Waals surface area contributed by atoms with Crippen LogP contribution in [0.15, 0.2) is 41.3 Å². The Kier molecular flexibility index (Phi) is 6.56. The molecule has 0 unspecified atom stereocenters.